The number of nitrogens with zero attached hydrogens (tertiary/aromatic N) is 1. The molecule has 1 heterocycles. The number of ether oxygens (including phenoxy) is 1. The molecule has 2 unspecified atom stereocenters. The van der Waals surface area contributed by atoms with E-state index in [4.69, 9.17) is 4.74 Å². The van der Waals surface area contributed by atoms with Gasteiger partial charge in [0.15, 0.2) is 0 Å². The van der Waals surface area contributed by atoms with Gasteiger partial charge < -0.3 is 10.1 Å². The van der Waals surface area contributed by atoms with Crippen molar-refractivity contribution < 1.29 is 18.3 Å². The number of anilines is 1. The van der Waals surface area contributed by atoms with Gasteiger partial charge in [-0.2, -0.15) is 0 Å². The number of morpholine rings is 1. The van der Waals surface area contributed by atoms with Crippen LogP contribution in [0.3, 0.4) is 0 Å². The summed E-state index contributed by atoms with van der Waals surface area (Å²) in [6, 6.07) is 10.7. The Morgan fingerprint density at radius 1 is 1.27 bits per heavy atom. The Kier molecular flexibility index (Phi) is 6.01. The molecule has 0 aromatic heterocycles. The van der Waals surface area contributed by atoms with Crippen LogP contribution >= 0.6 is 15.9 Å². The van der Waals surface area contributed by atoms with E-state index in [-0.39, 0.29) is 6.10 Å². The molecule has 1 amide bonds. The highest BCUT2D eigenvalue weighted by atomic mass is 79.9. The van der Waals surface area contributed by atoms with Gasteiger partial charge in [-0.15, -0.1) is 0 Å². The topological polar surface area (TPSA) is 41.6 Å². The van der Waals surface area contributed by atoms with Gasteiger partial charge >= 0.3 is 0 Å². The van der Waals surface area contributed by atoms with E-state index in [1.165, 1.54) is 6.07 Å². The Bertz CT molecular complexity index is 783. The van der Waals surface area contributed by atoms with Gasteiger partial charge in [0.2, 0.25) is 5.91 Å². The molecule has 1 aliphatic rings. The van der Waals surface area contributed by atoms with Crippen molar-refractivity contribution in [2.45, 2.75) is 19.1 Å². The first-order valence-corrected chi connectivity index (χ1v) is 9.11. The Hall–Kier alpha value is -1.83. The second-order valence-corrected chi connectivity index (χ2v) is 7.09. The molecule has 1 N–H and O–H groups in total. The van der Waals surface area contributed by atoms with Crippen molar-refractivity contribution in [1.82, 2.24) is 4.90 Å². The maximum atomic E-state index is 13.7. The van der Waals surface area contributed by atoms with Crippen molar-refractivity contribution in [2.24, 2.45) is 0 Å². The summed E-state index contributed by atoms with van der Waals surface area (Å²) >= 11 is 3.44. The summed E-state index contributed by atoms with van der Waals surface area (Å²) in [5.41, 5.74) is 0.595. The fourth-order valence-electron chi connectivity index (χ4n) is 2.94. The molecule has 1 saturated heterocycles. The molecular weight excluding hydrogens is 406 g/mol. The zero-order valence-electron chi connectivity index (χ0n) is 14.2. The summed E-state index contributed by atoms with van der Waals surface area (Å²) in [5, 5.41) is 2.36. The SMILES string of the molecule is CC(C(=O)Nc1c(F)cccc1F)N1CCOC(c2cccc(Br)c2)C1. The van der Waals surface area contributed by atoms with Gasteiger partial charge in [-0.25, -0.2) is 8.78 Å². The molecule has 0 bridgehead atoms. The minimum Gasteiger partial charge on any atom is -0.371 e. The van der Waals surface area contributed by atoms with Crippen LogP contribution in [0.4, 0.5) is 14.5 Å². The highest BCUT2D eigenvalue weighted by Crippen LogP contribution is 2.26. The average Bonchev–Trinajstić information content (AvgIpc) is 2.64. The van der Waals surface area contributed by atoms with Crippen molar-refractivity contribution in [2.75, 3.05) is 25.0 Å². The van der Waals surface area contributed by atoms with Gasteiger partial charge in [0.1, 0.15) is 17.3 Å². The Morgan fingerprint density at radius 3 is 2.65 bits per heavy atom. The lowest BCUT2D eigenvalue weighted by atomic mass is 10.1. The van der Waals surface area contributed by atoms with Crippen LogP contribution in [0.2, 0.25) is 0 Å². The highest BCUT2D eigenvalue weighted by Gasteiger charge is 2.29. The number of halogens is 3. The fraction of sp³-hybridized carbons (Fsp3) is 0.316. The average molecular weight is 425 g/mol. The van der Waals surface area contributed by atoms with Crippen molar-refractivity contribution in [3.8, 4) is 0 Å². The van der Waals surface area contributed by atoms with Crippen LogP contribution in [0.1, 0.15) is 18.6 Å². The quantitative estimate of drug-likeness (QED) is 0.801. The van der Waals surface area contributed by atoms with E-state index >= 15 is 0 Å². The van der Waals surface area contributed by atoms with E-state index in [0.717, 1.165) is 22.2 Å². The molecule has 3 rings (SSSR count). The van der Waals surface area contributed by atoms with E-state index in [1.807, 2.05) is 29.2 Å². The van der Waals surface area contributed by atoms with Crippen molar-refractivity contribution in [3.63, 3.8) is 0 Å². The number of rotatable bonds is 4. The summed E-state index contributed by atoms with van der Waals surface area (Å²) in [7, 11) is 0. The molecule has 2 aromatic rings. The number of hydrogen-bond acceptors (Lipinski definition) is 3. The Labute approximate surface area is 159 Å². The van der Waals surface area contributed by atoms with Crippen molar-refractivity contribution in [1.29, 1.82) is 0 Å². The minimum atomic E-state index is -0.792. The number of nitrogens with one attached hydrogen (secondary N) is 1. The Balaban J connectivity index is 1.69. The minimum absolute atomic E-state index is 0.165. The van der Waals surface area contributed by atoms with Crippen LogP contribution in [0.5, 0.6) is 0 Å². The molecule has 0 aliphatic carbocycles. The first-order valence-electron chi connectivity index (χ1n) is 8.31. The van der Waals surface area contributed by atoms with Gasteiger partial charge in [0.05, 0.1) is 18.8 Å². The van der Waals surface area contributed by atoms with Gasteiger partial charge in [0.25, 0.3) is 0 Å². The predicted molar refractivity (Wildman–Crippen MR) is 98.9 cm³/mol. The molecule has 4 nitrogen and oxygen atoms in total. The lowest BCUT2D eigenvalue weighted by Gasteiger charge is -2.36. The van der Waals surface area contributed by atoms with E-state index in [2.05, 4.69) is 21.2 Å². The van der Waals surface area contributed by atoms with Gasteiger partial charge in [-0.1, -0.05) is 34.1 Å². The lowest BCUT2D eigenvalue weighted by Crippen LogP contribution is -2.48. The third kappa shape index (κ3) is 4.28. The van der Waals surface area contributed by atoms with E-state index in [9.17, 15) is 13.6 Å². The molecule has 1 aliphatic heterocycles. The molecule has 26 heavy (non-hydrogen) atoms. The summed E-state index contributed by atoms with van der Waals surface area (Å²) < 4.78 is 34.3. The summed E-state index contributed by atoms with van der Waals surface area (Å²) in [6.45, 7) is 3.28. The fourth-order valence-corrected chi connectivity index (χ4v) is 3.36. The molecule has 0 saturated carbocycles. The van der Waals surface area contributed by atoms with E-state index < -0.39 is 29.3 Å². The van der Waals surface area contributed by atoms with Gasteiger partial charge in [-0.05, 0) is 36.8 Å². The second kappa shape index (κ2) is 8.24. The van der Waals surface area contributed by atoms with Crippen LogP contribution in [0.25, 0.3) is 0 Å². The van der Waals surface area contributed by atoms with Crippen molar-refractivity contribution >= 4 is 27.5 Å². The Morgan fingerprint density at radius 2 is 1.96 bits per heavy atom. The first-order chi connectivity index (χ1) is 12.5. The molecule has 0 spiro atoms. The van der Waals surface area contributed by atoms with Gasteiger partial charge in [0, 0.05) is 17.6 Å². The summed E-state index contributed by atoms with van der Waals surface area (Å²) in [4.78, 5) is 14.4. The van der Waals surface area contributed by atoms with Gasteiger partial charge in [-0.3, -0.25) is 9.69 Å². The zero-order chi connectivity index (χ0) is 18.7. The number of carbonyl (C=O) groups excluding carboxylic acids is 1. The lowest BCUT2D eigenvalue weighted by molar-refractivity contribution is -0.124. The largest absolute Gasteiger partial charge is 0.371 e. The summed E-state index contributed by atoms with van der Waals surface area (Å²) in [5.74, 6) is -2.04. The standard InChI is InChI=1S/C19H19BrF2N2O2/c1-12(19(25)23-18-15(21)6-3-7-16(18)22)24-8-9-26-17(11-24)13-4-2-5-14(20)10-13/h2-7,10,12,17H,8-9,11H2,1H3,(H,23,25). The maximum Gasteiger partial charge on any atom is 0.241 e. The molecule has 0 radical (unpaired) electrons. The summed E-state index contributed by atoms with van der Waals surface area (Å²) in [6.07, 6.45) is -0.165. The monoisotopic (exact) mass is 424 g/mol. The third-order valence-electron chi connectivity index (χ3n) is 4.46. The molecule has 2 aromatic carbocycles. The molecule has 7 heteroatoms. The normalized spacial score (nSPS) is 19.2. The third-order valence-corrected chi connectivity index (χ3v) is 4.95. The first kappa shape index (κ1) is 18.9. The van der Waals surface area contributed by atoms with E-state index in [1.54, 1.807) is 6.92 Å². The predicted octanol–water partition coefficient (Wildman–Crippen LogP) is 4.13. The van der Waals surface area contributed by atoms with Crippen LogP contribution in [0.15, 0.2) is 46.9 Å². The molecule has 138 valence electrons. The number of para-hydroxylation sites is 1. The van der Waals surface area contributed by atoms with Crippen LogP contribution in [-0.2, 0) is 9.53 Å². The van der Waals surface area contributed by atoms with E-state index in [0.29, 0.717) is 19.7 Å². The van der Waals surface area contributed by atoms with Crippen molar-refractivity contribution in [3.05, 3.63) is 64.1 Å². The number of hydrogen-bond donors (Lipinski definition) is 1. The molecule has 2 atom stereocenters. The second-order valence-electron chi connectivity index (χ2n) is 6.17. The number of carbonyl (C=O) groups is 1. The number of benzene rings is 2. The zero-order valence-corrected chi connectivity index (χ0v) is 15.8. The van der Waals surface area contributed by atoms with Crippen LogP contribution < -0.4 is 5.32 Å². The van der Waals surface area contributed by atoms with Crippen LogP contribution in [-0.4, -0.2) is 36.5 Å². The number of amides is 1. The smallest absolute Gasteiger partial charge is 0.241 e. The molecule has 1 fully saturated rings. The highest BCUT2D eigenvalue weighted by molar-refractivity contribution is 9.10. The maximum absolute atomic E-state index is 13.7. The van der Waals surface area contributed by atoms with Crippen LogP contribution in [0, 0.1) is 11.6 Å². The molecular formula is C19H19BrF2N2O2.